The smallest absolute Gasteiger partial charge is 0.316 e. The first-order valence-corrected chi connectivity index (χ1v) is 8.13. The van der Waals surface area contributed by atoms with Crippen molar-refractivity contribution >= 4 is 29.3 Å². The summed E-state index contributed by atoms with van der Waals surface area (Å²) in [6.45, 7) is 4.16. The first-order valence-electron chi connectivity index (χ1n) is 7.14. The maximum absolute atomic E-state index is 12.1. The van der Waals surface area contributed by atoms with Crippen LogP contribution in [0, 0.1) is 5.92 Å². The molecule has 0 spiro atoms. The van der Waals surface area contributed by atoms with E-state index in [9.17, 15) is 9.59 Å². The third kappa shape index (κ3) is 2.83. The van der Waals surface area contributed by atoms with Crippen molar-refractivity contribution in [3.63, 3.8) is 0 Å². The molecular weight excluding hydrogens is 304 g/mol. The number of nitrogens with zero attached hydrogens (tertiary/aromatic N) is 4. The Bertz CT molecular complexity index is 743. The van der Waals surface area contributed by atoms with Crippen molar-refractivity contribution < 1.29 is 14.3 Å². The highest BCUT2D eigenvalue weighted by Crippen LogP contribution is 2.25. The van der Waals surface area contributed by atoms with Crippen LogP contribution in [0.1, 0.15) is 36.3 Å². The lowest BCUT2D eigenvalue weighted by Gasteiger charge is -2.19. The standard InChI is InChI=1S/C14H16N4O3S/c1-3-21-12(20)7-22-14-16-13-15-6-9-10(18(13)17-14)4-8(2)5-11(9)19/h6,8H,3-5,7H2,1-2H3. The lowest BCUT2D eigenvalue weighted by atomic mass is 9.88. The second-order valence-electron chi connectivity index (χ2n) is 5.26. The Kier molecular flexibility index (Phi) is 4.10. The summed E-state index contributed by atoms with van der Waals surface area (Å²) in [6.07, 6.45) is 2.89. The minimum atomic E-state index is -0.301. The van der Waals surface area contributed by atoms with Crippen LogP contribution >= 0.6 is 11.8 Å². The molecule has 0 amide bonds. The number of fused-ring (bicyclic) bond motifs is 3. The fraction of sp³-hybridized carbons (Fsp3) is 0.500. The highest BCUT2D eigenvalue weighted by molar-refractivity contribution is 7.99. The number of esters is 1. The molecule has 2 aromatic heterocycles. The van der Waals surface area contributed by atoms with Crippen LogP contribution in [-0.2, 0) is 16.0 Å². The van der Waals surface area contributed by atoms with Crippen molar-refractivity contribution in [1.82, 2.24) is 19.6 Å². The molecule has 0 fully saturated rings. The number of aromatic nitrogens is 4. The first kappa shape index (κ1) is 15.0. The molecule has 1 aliphatic rings. The molecule has 0 bridgehead atoms. The fourth-order valence-electron chi connectivity index (χ4n) is 2.51. The molecule has 2 aromatic rings. The molecule has 1 aliphatic carbocycles. The van der Waals surface area contributed by atoms with Gasteiger partial charge in [-0.15, -0.1) is 5.10 Å². The Hall–Kier alpha value is -1.96. The van der Waals surface area contributed by atoms with E-state index in [1.165, 1.54) is 11.8 Å². The van der Waals surface area contributed by atoms with Gasteiger partial charge in [0.05, 0.1) is 23.6 Å². The van der Waals surface area contributed by atoms with Crippen LogP contribution in [0.3, 0.4) is 0 Å². The van der Waals surface area contributed by atoms with Crippen LogP contribution in [-0.4, -0.2) is 43.7 Å². The van der Waals surface area contributed by atoms with E-state index in [2.05, 4.69) is 15.1 Å². The monoisotopic (exact) mass is 320 g/mol. The predicted octanol–water partition coefficient (Wildman–Crippen LogP) is 1.54. The van der Waals surface area contributed by atoms with Gasteiger partial charge in [0.2, 0.25) is 5.16 Å². The molecular formula is C14H16N4O3S. The van der Waals surface area contributed by atoms with E-state index >= 15 is 0 Å². The Labute approximate surface area is 131 Å². The van der Waals surface area contributed by atoms with E-state index in [0.29, 0.717) is 29.5 Å². The number of ketones is 1. The van der Waals surface area contributed by atoms with Crippen LogP contribution in [0.4, 0.5) is 0 Å². The van der Waals surface area contributed by atoms with Gasteiger partial charge in [0, 0.05) is 12.6 Å². The van der Waals surface area contributed by atoms with Gasteiger partial charge < -0.3 is 4.74 Å². The average Bonchev–Trinajstić information content (AvgIpc) is 2.89. The molecule has 0 aromatic carbocycles. The van der Waals surface area contributed by atoms with Gasteiger partial charge in [-0.1, -0.05) is 18.7 Å². The van der Waals surface area contributed by atoms with E-state index in [-0.39, 0.29) is 23.4 Å². The summed E-state index contributed by atoms with van der Waals surface area (Å²) in [4.78, 5) is 31.9. The molecule has 116 valence electrons. The minimum absolute atomic E-state index is 0.0966. The molecule has 22 heavy (non-hydrogen) atoms. The average molecular weight is 320 g/mol. The van der Waals surface area contributed by atoms with Gasteiger partial charge >= 0.3 is 5.97 Å². The zero-order valence-electron chi connectivity index (χ0n) is 12.4. The molecule has 0 N–H and O–H groups in total. The summed E-state index contributed by atoms with van der Waals surface area (Å²) in [5.41, 5.74) is 1.47. The highest BCUT2D eigenvalue weighted by Gasteiger charge is 2.26. The van der Waals surface area contributed by atoms with Gasteiger partial charge in [0.15, 0.2) is 5.78 Å². The van der Waals surface area contributed by atoms with Gasteiger partial charge in [-0.2, -0.15) is 9.50 Å². The van der Waals surface area contributed by atoms with Crippen molar-refractivity contribution in [2.75, 3.05) is 12.4 Å². The number of ether oxygens (including phenoxy) is 1. The number of hydrogen-bond donors (Lipinski definition) is 0. The van der Waals surface area contributed by atoms with Crippen molar-refractivity contribution in [2.24, 2.45) is 5.92 Å². The van der Waals surface area contributed by atoms with Crippen LogP contribution in [0.5, 0.6) is 0 Å². The quantitative estimate of drug-likeness (QED) is 0.624. The zero-order chi connectivity index (χ0) is 15.7. The summed E-state index contributed by atoms with van der Waals surface area (Å²) in [5, 5.41) is 4.83. The second-order valence-corrected chi connectivity index (χ2v) is 6.20. The summed E-state index contributed by atoms with van der Waals surface area (Å²) < 4.78 is 6.50. The fourth-order valence-corrected chi connectivity index (χ4v) is 3.12. The molecule has 1 atom stereocenters. The molecule has 0 saturated heterocycles. The SMILES string of the molecule is CCOC(=O)CSc1nc2ncc3c(n2n1)CC(C)CC3=O. The Morgan fingerprint density at radius 1 is 1.50 bits per heavy atom. The number of rotatable bonds is 4. The Morgan fingerprint density at radius 2 is 2.32 bits per heavy atom. The van der Waals surface area contributed by atoms with Gasteiger partial charge in [-0.05, 0) is 19.3 Å². The van der Waals surface area contributed by atoms with Crippen molar-refractivity contribution in [1.29, 1.82) is 0 Å². The van der Waals surface area contributed by atoms with Crippen molar-refractivity contribution in [3.05, 3.63) is 17.5 Å². The van der Waals surface area contributed by atoms with Crippen molar-refractivity contribution in [2.45, 2.75) is 31.8 Å². The number of carbonyl (C=O) groups excluding carboxylic acids is 2. The third-order valence-electron chi connectivity index (χ3n) is 3.45. The highest BCUT2D eigenvalue weighted by atomic mass is 32.2. The Morgan fingerprint density at radius 3 is 3.09 bits per heavy atom. The molecule has 0 radical (unpaired) electrons. The summed E-state index contributed by atoms with van der Waals surface area (Å²) in [6, 6.07) is 0. The van der Waals surface area contributed by atoms with E-state index in [1.54, 1.807) is 17.6 Å². The van der Waals surface area contributed by atoms with E-state index in [0.717, 1.165) is 12.1 Å². The summed E-state index contributed by atoms with van der Waals surface area (Å²) in [7, 11) is 0. The van der Waals surface area contributed by atoms with Crippen molar-refractivity contribution in [3.8, 4) is 0 Å². The topological polar surface area (TPSA) is 86.4 Å². The first-order chi connectivity index (χ1) is 10.6. The maximum Gasteiger partial charge on any atom is 0.316 e. The molecule has 0 saturated carbocycles. The van der Waals surface area contributed by atoms with Crippen LogP contribution in [0.2, 0.25) is 0 Å². The Balaban J connectivity index is 1.89. The van der Waals surface area contributed by atoms with Crippen LogP contribution in [0.15, 0.2) is 11.4 Å². The van der Waals surface area contributed by atoms with Crippen LogP contribution in [0.25, 0.3) is 5.78 Å². The van der Waals surface area contributed by atoms with Crippen LogP contribution < -0.4 is 0 Å². The van der Waals surface area contributed by atoms with Gasteiger partial charge in [0.25, 0.3) is 5.78 Å². The molecule has 8 heteroatoms. The summed E-state index contributed by atoms with van der Waals surface area (Å²) >= 11 is 1.20. The maximum atomic E-state index is 12.1. The zero-order valence-corrected chi connectivity index (χ0v) is 13.2. The van der Waals surface area contributed by atoms with E-state index in [1.807, 2.05) is 6.92 Å². The summed E-state index contributed by atoms with van der Waals surface area (Å²) in [5.74, 6) is 0.685. The molecule has 1 unspecified atom stereocenters. The van der Waals surface area contributed by atoms with E-state index in [4.69, 9.17) is 4.74 Å². The third-order valence-corrected chi connectivity index (χ3v) is 4.26. The molecule has 2 heterocycles. The number of hydrogen-bond acceptors (Lipinski definition) is 7. The number of Topliss-reactive ketones (excluding diaryl/α,β-unsaturated/α-hetero) is 1. The lowest BCUT2D eigenvalue weighted by Crippen LogP contribution is -2.21. The normalized spacial score (nSPS) is 17.5. The number of carbonyl (C=O) groups is 2. The molecule has 3 rings (SSSR count). The second kappa shape index (κ2) is 6.04. The molecule has 0 aliphatic heterocycles. The lowest BCUT2D eigenvalue weighted by molar-refractivity contribution is -0.139. The largest absolute Gasteiger partial charge is 0.465 e. The molecule has 7 nitrogen and oxygen atoms in total. The van der Waals surface area contributed by atoms with Gasteiger partial charge in [-0.25, -0.2) is 4.98 Å². The predicted molar refractivity (Wildman–Crippen MR) is 80.0 cm³/mol. The van der Waals surface area contributed by atoms with Gasteiger partial charge in [-0.3, -0.25) is 9.59 Å². The van der Waals surface area contributed by atoms with E-state index < -0.39 is 0 Å². The minimum Gasteiger partial charge on any atom is -0.465 e. The number of thioether (sulfide) groups is 1. The van der Waals surface area contributed by atoms with Gasteiger partial charge in [0.1, 0.15) is 0 Å².